The van der Waals surface area contributed by atoms with Gasteiger partial charge in [0.15, 0.2) is 0 Å². The molecule has 2 aromatic rings. The van der Waals surface area contributed by atoms with Crippen LogP contribution in [-0.4, -0.2) is 60.0 Å². The van der Waals surface area contributed by atoms with Crippen molar-refractivity contribution in [3.63, 3.8) is 0 Å². The van der Waals surface area contributed by atoms with E-state index in [2.05, 4.69) is 5.32 Å². The minimum absolute atomic E-state index is 0.000538. The van der Waals surface area contributed by atoms with Gasteiger partial charge >= 0.3 is 18.0 Å². The van der Waals surface area contributed by atoms with Crippen LogP contribution < -0.4 is 11.1 Å². The van der Waals surface area contributed by atoms with Crippen LogP contribution in [-0.2, 0) is 53.0 Å². The molecule has 2 aromatic carbocycles. The third-order valence-electron chi connectivity index (χ3n) is 6.28. The standard InChI is InChI=1S/C28H33N3O8/c1-3-37-23(32)15-21(27(35)38-4-2)24(25(29)33)30-26(34)22-14-19-12-8-9-13-20(19)16-31(22)28(36)39-17-18-10-6-5-7-11-18/h5-13,21-22,24H,3-4,14-17H2,1-2H3,(H2,29,33)(H,30,34)/t21-,22+,24+/m1/s1. The lowest BCUT2D eigenvalue weighted by molar-refractivity contribution is -0.157. The van der Waals surface area contributed by atoms with Crippen LogP contribution in [0.25, 0.3) is 0 Å². The summed E-state index contributed by atoms with van der Waals surface area (Å²) in [6, 6.07) is 13.8. The fourth-order valence-electron chi connectivity index (χ4n) is 4.36. The number of primary amides is 1. The van der Waals surface area contributed by atoms with Gasteiger partial charge in [0.25, 0.3) is 0 Å². The molecule has 3 rings (SSSR count). The van der Waals surface area contributed by atoms with E-state index in [0.29, 0.717) is 0 Å². The van der Waals surface area contributed by atoms with Crippen LogP contribution in [0.15, 0.2) is 54.6 Å². The summed E-state index contributed by atoms with van der Waals surface area (Å²) in [7, 11) is 0. The monoisotopic (exact) mass is 539 g/mol. The summed E-state index contributed by atoms with van der Waals surface area (Å²) in [5.41, 5.74) is 8.02. The molecule has 11 heteroatoms. The van der Waals surface area contributed by atoms with Crippen LogP contribution in [0, 0.1) is 5.92 Å². The summed E-state index contributed by atoms with van der Waals surface area (Å²) in [6.07, 6.45) is -1.12. The summed E-state index contributed by atoms with van der Waals surface area (Å²) in [4.78, 5) is 65.3. The summed E-state index contributed by atoms with van der Waals surface area (Å²) in [6.45, 7) is 3.29. The predicted octanol–water partition coefficient (Wildman–Crippen LogP) is 1.85. The van der Waals surface area contributed by atoms with Crippen LogP contribution in [0.2, 0.25) is 0 Å². The molecule has 0 aromatic heterocycles. The number of benzene rings is 2. The zero-order valence-corrected chi connectivity index (χ0v) is 22.0. The average molecular weight is 540 g/mol. The Hall–Kier alpha value is -4.41. The molecule has 0 spiro atoms. The zero-order chi connectivity index (χ0) is 28.4. The fourth-order valence-corrected chi connectivity index (χ4v) is 4.36. The SMILES string of the molecule is CCOC(=O)C[C@@H](C(=O)OCC)[C@H](NC(=O)[C@@H]1Cc2ccccc2CN1C(=O)OCc1ccccc1)C(N)=O. The maximum Gasteiger partial charge on any atom is 0.411 e. The zero-order valence-electron chi connectivity index (χ0n) is 22.0. The number of hydrogen-bond donors (Lipinski definition) is 2. The van der Waals surface area contributed by atoms with Gasteiger partial charge < -0.3 is 25.3 Å². The average Bonchev–Trinajstić information content (AvgIpc) is 2.93. The second kappa shape index (κ2) is 13.9. The molecule has 0 fully saturated rings. The number of nitrogens with two attached hydrogens (primary N) is 1. The van der Waals surface area contributed by atoms with Crippen molar-refractivity contribution in [2.24, 2.45) is 11.7 Å². The third-order valence-corrected chi connectivity index (χ3v) is 6.28. The summed E-state index contributed by atoms with van der Waals surface area (Å²) in [5, 5.41) is 2.49. The van der Waals surface area contributed by atoms with E-state index < -0.39 is 54.3 Å². The fraction of sp³-hybridized carbons (Fsp3) is 0.393. The number of fused-ring (bicyclic) bond motifs is 1. The Morgan fingerprint density at radius 1 is 0.923 bits per heavy atom. The van der Waals surface area contributed by atoms with Crippen molar-refractivity contribution in [1.29, 1.82) is 0 Å². The lowest BCUT2D eigenvalue weighted by Gasteiger charge is -2.36. The molecular formula is C28H33N3O8. The summed E-state index contributed by atoms with van der Waals surface area (Å²) < 4.78 is 15.4. The molecule has 1 heterocycles. The first-order valence-electron chi connectivity index (χ1n) is 12.7. The highest BCUT2D eigenvalue weighted by molar-refractivity contribution is 5.95. The minimum Gasteiger partial charge on any atom is -0.466 e. The molecule has 3 atom stereocenters. The molecule has 39 heavy (non-hydrogen) atoms. The highest BCUT2D eigenvalue weighted by Crippen LogP contribution is 2.25. The summed E-state index contributed by atoms with van der Waals surface area (Å²) >= 11 is 0. The number of rotatable bonds is 11. The van der Waals surface area contributed by atoms with Gasteiger partial charge in [0.1, 0.15) is 18.7 Å². The highest BCUT2D eigenvalue weighted by Gasteiger charge is 2.41. The van der Waals surface area contributed by atoms with Gasteiger partial charge in [-0.05, 0) is 30.5 Å². The van der Waals surface area contributed by atoms with Crippen molar-refractivity contribution in [3.8, 4) is 0 Å². The molecule has 0 bridgehead atoms. The quantitative estimate of drug-likeness (QED) is 0.324. The second-order valence-electron chi connectivity index (χ2n) is 8.91. The summed E-state index contributed by atoms with van der Waals surface area (Å²) in [5.74, 6) is -4.83. The number of nitrogens with one attached hydrogen (secondary N) is 1. The minimum atomic E-state index is -1.58. The topological polar surface area (TPSA) is 154 Å². The Bertz CT molecular complexity index is 1190. The van der Waals surface area contributed by atoms with E-state index in [-0.39, 0.29) is 32.8 Å². The van der Waals surface area contributed by atoms with E-state index >= 15 is 0 Å². The Morgan fingerprint density at radius 2 is 1.56 bits per heavy atom. The maximum absolute atomic E-state index is 13.6. The Kier molecular flexibility index (Phi) is 10.4. The van der Waals surface area contributed by atoms with Gasteiger partial charge in [0.2, 0.25) is 11.8 Å². The first kappa shape index (κ1) is 29.2. The lowest BCUT2D eigenvalue weighted by Crippen LogP contribution is -2.59. The number of hydrogen-bond acceptors (Lipinski definition) is 8. The second-order valence-corrected chi connectivity index (χ2v) is 8.91. The number of esters is 2. The molecule has 11 nitrogen and oxygen atoms in total. The van der Waals surface area contributed by atoms with E-state index in [1.807, 2.05) is 42.5 Å². The Labute approximate surface area is 226 Å². The molecule has 1 aliphatic rings. The highest BCUT2D eigenvalue weighted by atomic mass is 16.6. The number of carbonyl (C=O) groups excluding carboxylic acids is 5. The Morgan fingerprint density at radius 3 is 2.21 bits per heavy atom. The number of amides is 3. The largest absolute Gasteiger partial charge is 0.466 e. The first-order chi connectivity index (χ1) is 18.7. The molecule has 3 amide bonds. The van der Waals surface area contributed by atoms with Crippen LogP contribution in [0.5, 0.6) is 0 Å². The smallest absolute Gasteiger partial charge is 0.411 e. The lowest BCUT2D eigenvalue weighted by atomic mass is 9.92. The van der Waals surface area contributed by atoms with Crippen molar-refractivity contribution < 1.29 is 38.2 Å². The number of carbonyl (C=O) groups is 5. The van der Waals surface area contributed by atoms with E-state index in [1.165, 1.54) is 4.90 Å². The van der Waals surface area contributed by atoms with Gasteiger partial charge in [0, 0.05) is 6.42 Å². The van der Waals surface area contributed by atoms with Gasteiger partial charge in [-0.1, -0.05) is 54.6 Å². The van der Waals surface area contributed by atoms with E-state index in [4.69, 9.17) is 19.9 Å². The molecule has 0 saturated carbocycles. The molecule has 0 unspecified atom stereocenters. The molecule has 0 saturated heterocycles. The van der Waals surface area contributed by atoms with Crippen LogP contribution in [0.3, 0.4) is 0 Å². The molecule has 208 valence electrons. The third kappa shape index (κ3) is 7.79. The van der Waals surface area contributed by atoms with Crippen LogP contribution in [0.1, 0.15) is 37.0 Å². The van der Waals surface area contributed by atoms with Crippen LogP contribution >= 0.6 is 0 Å². The van der Waals surface area contributed by atoms with Crippen molar-refractivity contribution >= 4 is 29.8 Å². The molecule has 0 aliphatic carbocycles. The van der Waals surface area contributed by atoms with Crippen LogP contribution in [0.4, 0.5) is 4.79 Å². The number of ether oxygens (including phenoxy) is 3. The van der Waals surface area contributed by atoms with Gasteiger partial charge in [-0.15, -0.1) is 0 Å². The van der Waals surface area contributed by atoms with E-state index in [1.54, 1.807) is 26.0 Å². The maximum atomic E-state index is 13.6. The van der Waals surface area contributed by atoms with Crippen molar-refractivity contribution in [3.05, 3.63) is 71.3 Å². The van der Waals surface area contributed by atoms with Gasteiger partial charge in [-0.3, -0.25) is 24.1 Å². The molecule has 0 radical (unpaired) electrons. The van der Waals surface area contributed by atoms with Crippen molar-refractivity contribution in [2.75, 3.05) is 13.2 Å². The predicted molar refractivity (Wildman–Crippen MR) is 139 cm³/mol. The first-order valence-corrected chi connectivity index (χ1v) is 12.7. The molecule has 1 aliphatic heterocycles. The molecule has 3 N–H and O–H groups in total. The van der Waals surface area contributed by atoms with Gasteiger partial charge in [-0.2, -0.15) is 0 Å². The van der Waals surface area contributed by atoms with Gasteiger partial charge in [0.05, 0.1) is 32.1 Å². The number of nitrogens with zero attached hydrogens (tertiary/aromatic N) is 1. The van der Waals surface area contributed by atoms with Gasteiger partial charge in [-0.25, -0.2) is 4.79 Å². The normalized spacial score (nSPS) is 15.7. The van der Waals surface area contributed by atoms with Crippen molar-refractivity contribution in [1.82, 2.24) is 10.2 Å². The van der Waals surface area contributed by atoms with E-state index in [0.717, 1.165) is 16.7 Å². The molecular weight excluding hydrogens is 506 g/mol. The van der Waals surface area contributed by atoms with Crippen molar-refractivity contribution in [2.45, 2.75) is 51.9 Å². The van der Waals surface area contributed by atoms with E-state index in [9.17, 15) is 24.0 Å². The Balaban J connectivity index is 1.85.